The van der Waals surface area contributed by atoms with Crippen LogP contribution in [0.3, 0.4) is 0 Å². The van der Waals surface area contributed by atoms with E-state index >= 15 is 0 Å². The number of benzene rings is 1. The van der Waals surface area contributed by atoms with Gasteiger partial charge in [0.05, 0.1) is 0 Å². The molecular formula is C13H21NOS. The normalized spacial score (nSPS) is 11.0. The van der Waals surface area contributed by atoms with Gasteiger partial charge in [0.25, 0.3) is 0 Å². The van der Waals surface area contributed by atoms with E-state index < -0.39 is 0 Å². The van der Waals surface area contributed by atoms with E-state index in [9.17, 15) is 0 Å². The summed E-state index contributed by atoms with van der Waals surface area (Å²) in [5.74, 6) is 0.984. The number of thioether (sulfide) groups is 1. The highest BCUT2D eigenvalue weighted by molar-refractivity contribution is 7.99. The molecule has 16 heavy (non-hydrogen) atoms. The van der Waals surface area contributed by atoms with Crippen molar-refractivity contribution in [3.05, 3.63) is 29.8 Å². The molecule has 0 heterocycles. The van der Waals surface area contributed by atoms with Crippen molar-refractivity contribution in [3.8, 4) is 0 Å². The maximum absolute atomic E-state index is 8.72. The Morgan fingerprint density at radius 3 is 2.88 bits per heavy atom. The van der Waals surface area contributed by atoms with Crippen LogP contribution in [0.15, 0.2) is 29.2 Å². The molecule has 0 radical (unpaired) electrons. The van der Waals surface area contributed by atoms with Gasteiger partial charge in [-0.1, -0.05) is 26.0 Å². The largest absolute Gasteiger partial charge is 0.396 e. The first-order chi connectivity index (χ1) is 7.72. The lowest BCUT2D eigenvalue weighted by Gasteiger charge is -2.09. The molecule has 1 aromatic rings. The molecule has 0 aliphatic rings. The van der Waals surface area contributed by atoms with Crippen LogP contribution in [0, 0.1) is 0 Å². The van der Waals surface area contributed by atoms with E-state index in [2.05, 4.69) is 43.4 Å². The standard InChI is InChI=1S/C13H21NOS/c1-11(2)14-10-12-5-3-6-13(9-12)16-8-4-7-15/h3,5-6,9,11,14-15H,4,7-8,10H2,1-2H3. The van der Waals surface area contributed by atoms with Crippen molar-refractivity contribution in [1.29, 1.82) is 0 Å². The summed E-state index contributed by atoms with van der Waals surface area (Å²) in [5.41, 5.74) is 1.32. The van der Waals surface area contributed by atoms with E-state index in [-0.39, 0.29) is 6.61 Å². The monoisotopic (exact) mass is 239 g/mol. The third-order valence-corrected chi connectivity index (χ3v) is 3.26. The van der Waals surface area contributed by atoms with E-state index in [1.807, 2.05) is 0 Å². The van der Waals surface area contributed by atoms with Gasteiger partial charge in [0.2, 0.25) is 0 Å². The van der Waals surface area contributed by atoms with Crippen molar-refractivity contribution in [2.24, 2.45) is 0 Å². The van der Waals surface area contributed by atoms with E-state index in [1.165, 1.54) is 10.5 Å². The van der Waals surface area contributed by atoms with Crippen LogP contribution >= 0.6 is 11.8 Å². The third kappa shape index (κ3) is 5.54. The van der Waals surface area contributed by atoms with Crippen LogP contribution in [-0.2, 0) is 6.54 Å². The number of hydrogen-bond acceptors (Lipinski definition) is 3. The van der Waals surface area contributed by atoms with Gasteiger partial charge in [-0.2, -0.15) is 0 Å². The van der Waals surface area contributed by atoms with Crippen LogP contribution in [0.5, 0.6) is 0 Å². The number of rotatable bonds is 7. The average Bonchev–Trinajstić information content (AvgIpc) is 2.27. The minimum atomic E-state index is 0.279. The Kier molecular flexibility index (Phi) is 6.53. The summed E-state index contributed by atoms with van der Waals surface area (Å²) < 4.78 is 0. The fourth-order valence-electron chi connectivity index (χ4n) is 1.32. The molecule has 0 fully saturated rings. The second kappa shape index (κ2) is 7.71. The van der Waals surface area contributed by atoms with Crippen molar-refractivity contribution < 1.29 is 5.11 Å². The van der Waals surface area contributed by atoms with Gasteiger partial charge in [0.1, 0.15) is 0 Å². The topological polar surface area (TPSA) is 32.3 Å². The van der Waals surface area contributed by atoms with E-state index in [4.69, 9.17) is 5.11 Å². The Bertz CT molecular complexity index is 302. The van der Waals surface area contributed by atoms with Crippen LogP contribution in [-0.4, -0.2) is 23.5 Å². The molecule has 0 spiro atoms. The van der Waals surface area contributed by atoms with Crippen molar-refractivity contribution in [2.75, 3.05) is 12.4 Å². The minimum Gasteiger partial charge on any atom is -0.396 e. The number of aliphatic hydroxyl groups is 1. The molecule has 0 atom stereocenters. The average molecular weight is 239 g/mol. The zero-order valence-electron chi connectivity index (χ0n) is 10.1. The molecule has 90 valence electrons. The Morgan fingerprint density at radius 2 is 2.19 bits per heavy atom. The highest BCUT2D eigenvalue weighted by atomic mass is 32.2. The van der Waals surface area contributed by atoms with Crippen LogP contribution < -0.4 is 5.32 Å². The first-order valence-electron chi connectivity index (χ1n) is 5.78. The van der Waals surface area contributed by atoms with E-state index in [1.54, 1.807) is 11.8 Å². The van der Waals surface area contributed by atoms with Gasteiger partial charge in [-0.15, -0.1) is 11.8 Å². The highest BCUT2D eigenvalue weighted by Crippen LogP contribution is 2.19. The Hall–Kier alpha value is -0.510. The summed E-state index contributed by atoms with van der Waals surface area (Å²) in [6.07, 6.45) is 0.860. The maximum atomic E-state index is 8.72. The summed E-state index contributed by atoms with van der Waals surface area (Å²) in [6.45, 7) is 5.51. The summed E-state index contributed by atoms with van der Waals surface area (Å²) in [4.78, 5) is 1.29. The van der Waals surface area contributed by atoms with Gasteiger partial charge >= 0.3 is 0 Å². The van der Waals surface area contributed by atoms with E-state index in [0.29, 0.717) is 6.04 Å². The fraction of sp³-hybridized carbons (Fsp3) is 0.538. The number of hydrogen-bond donors (Lipinski definition) is 2. The summed E-state index contributed by atoms with van der Waals surface area (Å²) in [6, 6.07) is 9.10. The highest BCUT2D eigenvalue weighted by Gasteiger charge is 1.98. The Morgan fingerprint density at radius 1 is 1.38 bits per heavy atom. The molecule has 3 heteroatoms. The number of nitrogens with one attached hydrogen (secondary N) is 1. The van der Waals surface area contributed by atoms with E-state index in [0.717, 1.165) is 18.7 Å². The molecule has 0 bridgehead atoms. The third-order valence-electron chi connectivity index (χ3n) is 2.18. The Balaban J connectivity index is 2.43. The van der Waals surface area contributed by atoms with Gasteiger partial charge in [0, 0.05) is 29.8 Å². The van der Waals surface area contributed by atoms with Gasteiger partial charge in [-0.3, -0.25) is 0 Å². The van der Waals surface area contributed by atoms with Gasteiger partial charge < -0.3 is 10.4 Å². The molecule has 0 saturated carbocycles. The molecule has 2 N–H and O–H groups in total. The predicted molar refractivity (Wildman–Crippen MR) is 70.8 cm³/mol. The quantitative estimate of drug-likeness (QED) is 0.567. The molecular weight excluding hydrogens is 218 g/mol. The lowest BCUT2D eigenvalue weighted by molar-refractivity contribution is 0.296. The number of aliphatic hydroxyl groups excluding tert-OH is 1. The summed E-state index contributed by atoms with van der Waals surface area (Å²) in [5, 5.41) is 12.1. The lowest BCUT2D eigenvalue weighted by Crippen LogP contribution is -2.21. The first-order valence-corrected chi connectivity index (χ1v) is 6.77. The maximum Gasteiger partial charge on any atom is 0.0439 e. The first kappa shape index (κ1) is 13.6. The second-order valence-electron chi connectivity index (χ2n) is 4.11. The summed E-state index contributed by atoms with van der Waals surface area (Å²) >= 11 is 1.81. The predicted octanol–water partition coefficient (Wildman–Crippen LogP) is 2.66. The molecule has 0 aliphatic carbocycles. The zero-order valence-corrected chi connectivity index (χ0v) is 10.9. The molecule has 0 amide bonds. The molecule has 1 rings (SSSR count). The van der Waals surface area contributed by atoms with Crippen LogP contribution in [0.1, 0.15) is 25.8 Å². The summed E-state index contributed by atoms with van der Waals surface area (Å²) in [7, 11) is 0. The van der Waals surface area contributed by atoms with Crippen LogP contribution in [0.4, 0.5) is 0 Å². The van der Waals surface area contributed by atoms with Crippen molar-refractivity contribution in [3.63, 3.8) is 0 Å². The van der Waals surface area contributed by atoms with Gasteiger partial charge in [-0.05, 0) is 24.1 Å². The zero-order chi connectivity index (χ0) is 11.8. The molecule has 0 aromatic heterocycles. The molecule has 2 nitrogen and oxygen atoms in total. The van der Waals surface area contributed by atoms with Crippen molar-refractivity contribution >= 4 is 11.8 Å². The molecule has 0 unspecified atom stereocenters. The molecule has 0 aliphatic heterocycles. The molecule has 0 saturated heterocycles. The van der Waals surface area contributed by atoms with Gasteiger partial charge in [0.15, 0.2) is 0 Å². The van der Waals surface area contributed by atoms with Gasteiger partial charge in [-0.25, -0.2) is 0 Å². The fourth-order valence-corrected chi connectivity index (χ4v) is 2.24. The van der Waals surface area contributed by atoms with Crippen molar-refractivity contribution in [2.45, 2.75) is 37.8 Å². The Labute approximate surface area is 102 Å². The minimum absolute atomic E-state index is 0.279. The van der Waals surface area contributed by atoms with Crippen molar-refractivity contribution in [1.82, 2.24) is 5.32 Å². The molecule has 1 aromatic carbocycles. The second-order valence-corrected chi connectivity index (χ2v) is 5.28. The lowest BCUT2D eigenvalue weighted by atomic mass is 10.2. The SMILES string of the molecule is CC(C)NCc1cccc(SCCCO)c1. The van der Waals surface area contributed by atoms with Crippen LogP contribution in [0.2, 0.25) is 0 Å². The van der Waals surface area contributed by atoms with Crippen LogP contribution in [0.25, 0.3) is 0 Å². The smallest absolute Gasteiger partial charge is 0.0439 e.